The van der Waals surface area contributed by atoms with E-state index in [4.69, 9.17) is 4.74 Å². The van der Waals surface area contributed by atoms with E-state index in [1.807, 2.05) is 38.2 Å². The number of likely N-dealkylation sites (N-methyl/N-ethyl adjacent to an activating group) is 2. The van der Waals surface area contributed by atoms with Crippen LogP contribution in [0.1, 0.15) is 29.3 Å². The van der Waals surface area contributed by atoms with Gasteiger partial charge in [0.15, 0.2) is 0 Å². The molecule has 0 amide bonds. The van der Waals surface area contributed by atoms with Crippen molar-refractivity contribution in [1.29, 1.82) is 5.26 Å². The second kappa shape index (κ2) is 11.8. The highest BCUT2D eigenvalue weighted by molar-refractivity contribution is 5.81. The minimum Gasteiger partial charge on any atom is -0.494 e. The summed E-state index contributed by atoms with van der Waals surface area (Å²) in [7, 11) is 5.08. The molecular formula is C26H29N7O3. The quantitative estimate of drug-likeness (QED) is 0.300. The van der Waals surface area contributed by atoms with Crippen LogP contribution in [0.4, 0.5) is 23.0 Å². The van der Waals surface area contributed by atoms with Crippen LogP contribution in [-0.4, -0.2) is 49.2 Å². The Bertz CT molecular complexity index is 1320. The maximum atomic E-state index is 11.9. The fraction of sp³-hybridized carbons (Fsp3) is 0.269. The Balaban J connectivity index is 2.04. The standard InChI is InChI=1S/C26H29N7O3/c1-6-18-9-7-8-10-20(18)17(2)25-19(15-27)16-29-26(31-25)30-21-13-23(33(34)35)22(14-24(21)36-5)32(4)12-11-28-3/h7-10,13-14,16,28H,2,6,11-12H2,1,3-5H3,(H,29,30,31). The minimum absolute atomic E-state index is 0.0907. The van der Waals surface area contributed by atoms with Gasteiger partial charge in [-0.15, -0.1) is 0 Å². The van der Waals surface area contributed by atoms with Gasteiger partial charge in [-0.25, -0.2) is 9.97 Å². The minimum atomic E-state index is -0.440. The molecule has 0 aliphatic heterocycles. The average molecular weight is 488 g/mol. The molecule has 0 saturated heterocycles. The molecule has 3 aromatic rings. The lowest BCUT2D eigenvalue weighted by Crippen LogP contribution is -2.27. The molecular weight excluding hydrogens is 458 g/mol. The lowest BCUT2D eigenvalue weighted by Gasteiger charge is -2.21. The SMILES string of the molecule is C=C(c1ccccc1CC)c1nc(Nc2cc([N+](=O)[O-])c(N(C)CCNC)cc2OC)ncc1C#N. The number of rotatable bonds is 11. The highest BCUT2D eigenvalue weighted by atomic mass is 16.6. The Morgan fingerprint density at radius 2 is 2.08 bits per heavy atom. The summed E-state index contributed by atoms with van der Waals surface area (Å²) in [6.07, 6.45) is 2.20. The number of benzene rings is 2. The molecule has 2 N–H and O–H groups in total. The van der Waals surface area contributed by atoms with E-state index in [0.717, 1.165) is 17.5 Å². The fourth-order valence-corrected chi connectivity index (χ4v) is 3.80. The summed E-state index contributed by atoms with van der Waals surface area (Å²) < 4.78 is 5.52. The normalized spacial score (nSPS) is 10.4. The summed E-state index contributed by atoms with van der Waals surface area (Å²) in [6, 6.07) is 12.9. The summed E-state index contributed by atoms with van der Waals surface area (Å²) in [5, 5.41) is 27.6. The van der Waals surface area contributed by atoms with Gasteiger partial charge in [-0.3, -0.25) is 10.1 Å². The van der Waals surface area contributed by atoms with Crippen molar-refractivity contribution >= 4 is 28.6 Å². The molecule has 0 fully saturated rings. The largest absolute Gasteiger partial charge is 0.494 e. The van der Waals surface area contributed by atoms with Gasteiger partial charge in [-0.1, -0.05) is 37.8 Å². The highest BCUT2D eigenvalue weighted by Gasteiger charge is 2.23. The van der Waals surface area contributed by atoms with Crippen LogP contribution in [0.25, 0.3) is 5.57 Å². The van der Waals surface area contributed by atoms with E-state index in [1.165, 1.54) is 19.4 Å². The van der Waals surface area contributed by atoms with Gasteiger partial charge < -0.3 is 20.3 Å². The van der Waals surface area contributed by atoms with Crippen LogP contribution in [0.3, 0.4) is 0 Å². The first-order chi connectivity index (χ1) is 17.3. The molecule has 0 aliphatic rings. The number of hydrogen-bond donors (Lipinski definition) is 2. The van der Waals surface area contributed by atoms with Crippen LogP contribution in [0, 0.1) is 21.4 Å². The molecule has 0 spiro atoms. The number of nitrogens with zero attached hydrogens (tertiary/aromatic N) is 5. The third kappa shape index (κ3) is 5.59. The molecule has 10 heteroatoms. The fourth-order valence-electron chi connectivity index (χ4n) is 3.80. The number of nitro benzene ring substituents is 1. The molecule has 186 valence electrons. The molecule has 10 nitrogen and oxygen atoms in total. The maximum Gasteiger partial charge on any atom is 0.294 e. The van der Waals surface area contributed by atoms with Crippen LogP contribution in [0.2, 0.25) is 0 Å². The van der Waals surface area contributed by atoms with E-state index in [0.29, 0.717) is 41.5 Å². The topological polar surface area (TPSA) is 129 Å². The van der Waals surface area contributed by atoms with Crippen LogP contribution in [0.5, 0.6) is 5.75 Å². The zero-order valence-corrected chi connectivity index (χ0v) is 20.8. The summed E-state index contributed by atoms with van der Waals surface area (Å²) in [5.41, 5.74) is 3.87. The first kappa shape index (κ1) is 26.1. The first-order valence-electron chi connectivity index (χ1n) is 11.4. The second-order valence-corrected chi connectivity index (χ2v) is 8.01. The molecule has 0 saturated carbocycles. The summed E-state index contributed by atoms with van der Waals surface area (Å²) in [5.74, 6) is 0.541. The lowest BCUT2D eigenvalue weighted by atomic mass is 9.95. The number of ether oxygens (including phenoxy) is 1. The number of nitrogens with one attached hydrogen (secondary N) is 2. The Morgan fingerprint density at radius 3 is 2.72 bits per heavy atom. The number of nitro groups is 1. The third-order valence-electron chi connectivity index (χ3n) is 5.77. The lowest BCUT2D eigenvalue weighted by molar-refractivity contribution is -0.384. The number of methoxy groups -OCH3 is 1. The van der Waals surface area contributed by atoms with Crippen molar-refractivity contribution in [2.45, 2.75) is 13.3 Å². The predicted molar refractivity (Wildman–Crippen MR) is 141 cm³/mol. The van der Waals surface area contributed by atoms with E-state index in [1.54, 1.807) is 18.0 Å². The molecule has 0 radical (unpaired) electrons. The number of anilines is 3. The highest BCUT2D eigenvalue weighted by Crippen LogP contribution is 2.39. The van der Waals surface area contributed by atoms with Gasteiger partial charge in [0.1, 0.15) is 17.5 Å². The van der Waals surface area contributed by atoms with Crippen molar-refractivity contribution in [3.05, 3.63) is 81.7 Å². The monoisotopic (exact) mass is 487 g/mol. The van der Waals surface area contributed by atoms with Crippen molar-refractivity contribution in [3.63, 3.8) is 0 Å². The van der Waals surface area contributed by atoms with Crippen LogP contribution >= 0.6 is 0 Å². The Morgan fingerprint density at radius 1 is 1.33 bits per heavy atom. The summed E-state index contributed by atoms with van der Waals surface area (Å²) in [4.78, 5) is 22.0. The van der Waals surface area contributed by atoms with Gasteiger partial charge in [0.2, 0.25) is 5.95 Å². The molecule has 1 aromatic heterocycles. The van der Waals surface area contributed by atoms with Crippen molar-refractivity contribution < 1.29 is 9.66 Å². The smallest absolute Gasteiger partial charge is 0.294 e. The first-order valence-corrected chi connectivity index (χ1v) is 11.4. The van der Waals surface area contributed by atoms with Crippen LogP contribution < -0.4 is 20.3 Å². The van der Waals surface area contributed by atoms with E-state index in [2.05, 4.69) is 33.2 Å². The number of nitriles is 1. The molecule has 1 heterocycles. The van der Waals surface area contributed by atoms with Crippen molar-refractivity contribution in [3.8, 4) is 11.8 Å². The van der Waals surface area contributed by atoms with E-state index >= 15 is 0 Å². The Hall–Kier alpha value is -4.49. The van der Waals surface area contributed by atoms with E-state index in [9.17, 15) is 15.4 Å². The molecule has 36 heavy (non-hydrogen) atoms. The number of aryl methyl sites for hydroxylation is 1. The van der Waals surface area contributed by atoms with Gasteiger partial charge in [-0.2, -0.15) is 5.26 Å². The predicted octanol–water partition coefficient (Wildman–Crippen LogP) is 4.29. The average Bonchev–Trinajstić information content (AvgIpc) is 2.90. The number of aromatic nitrogens is 2. The number of hydrogen-bond acceptors (Lipinski definition) is 9. The zero-order chi connectivity index (χ0) is 26.2. The zero-order valence-electron chi connectivity index (χ0n) is 20.8. The molecule has 2 aromatic carbocycles. The molecule has 0 unspecified atom stereocenters. The maximum absolute atomic E-state index is 11.9. The van der Waals surface area contributed by atoms with Crippen LogP contribution in [-0.2, 0) is 6.42 Å². The summed E-state index contributed by atoms with van der Waals surface area (Å²) >= 11 is 0. The van der Waals surface area contributed by atoms with E-state index in [-0.39, 0.29) is 17.2 Å². The molecule has 0 bridgehead atoms. The molecule has 3 rings (SSSR count). The van der Waals surface area contributed by atoms with Crippen molar-refractivity contribution in [1.82, 2.24) is 15.3 Å². The van der Waals surface area contributed by atoms with Gasteiger partial charge in [0, 0.05) is 37.8 Å². The van der Waals surface area contributed by atoms with E-state index < -0.39 is 4.92 Å². The van der Waals surface area contributed by atoms with Gasteiger partial charge in [0.05, 0.1) is 35.2 Å². The third-order valence-corrected chi connectivity index (χ3v) is 5.77. The van der Waals surface area contributed by atoms with Crippen molar-refractivity contribution in [2.75, 3.05) is 44.5 Å². The van der Waals surface area contributed by atoms with Gasteiger partial charge in [0.25, 0.3) is 5.69 Å². The van der Waals surface area contributed by atoms with Crippen molar-refractivity contribution in [2.24, 2.45) is 0 Å². The molecule has 0 aliphatic carbocycles. The second-order valence-electron chi connectivity index (χ2n) is 8.01. The Kier molecular flexibility index (Phi) is 8.54. The Labute approximate surface area is 210 Å². The molecule has 0 atom stereocenters. The van der Waals surface area contributed by atoms with Crippen LogP contribution in [0.15, 0.2) is 49.2 Å². The van der Waals surface area contributed by atoms with Gasteiger partial charge in [-0.05, 0) is 24.6 Å². The summed E-state index contributed by atoms with van der Waals surface area (Å²) in [6.45, 7) is 7.46. The van der Waals surface area contributed by atoms with Gasteiger partial charge >= 0.3 is 0 Å².